The van der Waals surface area contributed by atoms with Crippen LogP contribution in [0.15, 0.2) is 24.3 Å². The van der Waals surface area contributed by atoms with Crippen LogP contribution in [0.1, 0.15) is 38.5 Å². The zero-order chi connectivity index (χ0) is 14.2. The SMILES string of the molecule is Nc1cccc(OCCNC(=O)CC2CCCCC2)c1. The topological polar surface area (TPSA) is 64.3 Å². The normalized spacial score (nSPS) is 15.8. The third-order valence-corrected chi connectivity index (χ3v) is 3.75. The van der Waals surface area contributed by atoms with Gasteiger partial charge in [0, 0.05) is 18.2 Å². The molecule has 1 aromatic carbocycles. The van der Waals surface area contributed by atoms with E-state index in [0.29, 0.717) is 31.2 Å². The maximum Gasteiger partial charge on any atom is 0.220 e. The van der Waals surface area contributed by atoms with Crippen molar-refractivity contribution in [2.45, 2.75) is 38.5 Å². The maximum absolute atomic E-state index is 11.8. The van der Waals surface area contributed by atoms with E-state index in [1.54, 1.807) is 6.07 Å². The van der Waals surface area contributed by atoms with Crippen molar-refractivity contribution >= 4 is 11.6 Å². The smallest absolute Gasteiger partial charge is 0.220 e. The molecule has 0 radical (unpaired) electrons. The molecule has 1 aromatic rings. The van der Waals surface area contributed by atoms with Crippen LogP contribution in [0.25, 0.3) is 0 Å². The molecule has 0 heterocycles. The molecule has 1 amide bonds. The monoisotopic (exact) mass is 276 g/mol. The summed E-state index contributed by atoms with van der Waals surface area (Å²) >= 11 is 0. The summed E-state index contributed by atoms with van der Waals surface area (Å²) in [6.45, 7) is 1.01. The molecule has 0 aliphatic heterocycles. The van der Waals surface area contributed by atoms with Gasteiger partial charge in [-0.15, -0.1) is 0 Å². The maximum atomic E-state index is 11.8. The van der Waals surface area contributed by atoms with Crippen LogP contribution in [0.4, 0.5) is 5.69 Å². The first-order chi connectivity index (χ1) is 9.74. The lowest BCUT2D eigenvalue weighted by molar-refractivity contribution is -0.122. The van der Waals surface area contributed by atoms with Gasteiger partial charge < -0.3 is 15.8 Å². The van der Waals surface area contributed by atoms with Gasteiger partial charge in [-0.1, -0.05) is 25.3 Å². The van der Waals surface area contributed by atoms with Crippen LogP contribution in [-0.2, 0) is 4.79 Å². The van der Waals surface area contributed by atoms with E-state index in [2.05, 4.69) is 5.32 Å². The minimum absolute atomic E-state index is 0.146. The highest BCUT2D eigenvalue weighted by Gasteiger charge is 2.16. The molecule has 1 aliphatic rings. The Morgan fingerprint density at radius 1 is 1.30 bits per heavy atom. The van der Waals surface area contributed by atoms with Crippen molar-refractivity contribution in [3.05, 3.63) is 24.3 Å². The Bertz CT molecular complexity index is 428. The van der Waals surface area contributed by atoms with E-state index in [0.717, 1.165) is 5.75 Å². The Morgan fingerprint density at radius 2 is 2.10 bits per heavy atom. The van der Waals surface area contributed by atoms with Crippen molar-refractivity contribution in [3.63, 3.8) is 0 Å². The molecule has 4 nitrogen and oxygen atoms in total. The first kappa shape index (κ1) is 14.7. The summed E-state index contributed by atoms with van der Waals surface area (Å²) in [5, 5.41) is 2.92. The Balaban J connectivity index is 1.59. The van der Waals surface area contributed by atoms with Crippen LogP contribution in [-0.4, -0.2) is 19.1 Å². The van der Waals surface area contributed by atoms with E-state index in [-0.39, 0.29) is 5.91 Å². The lowest BCUT2D eigenvalue weighted by Gasteiger charge is -2.20. The third-order valence-electron chi connectivity index (χ3n) is 3.75. The van der Waals surface area contributed by atoms with E-state index in [9.17, 15) is 4.79 Å². The average Bonchev–Trinajstić information content (AvgIpc) is 2.45. The van der Waals surface area contributed by atoms with E-state index < -0.39 is 0 Å². The van der Waals surface area contributed by atoms with Crippen LogP contribution < -0.4 is 15.8 Å². The van der Waals surface area contributed by atoms with Crippen molar-refractivity contribution in [1.82, 2.24) is 5.32 Å². The van der Waals surface area contributed by atoms with E-state index in [1.165, 1.54) is 32.1 Å². The highest BCUT2D eigenvalue weighted by molar-refractivity contribution is 5.76. The van der Waals surface area contributed by atoms with Crippen LogP contribution in [0, 0.1) is 5.92 Å². The van der Waals surface area contributed by atoms with Crippen molar-refractivity contribution in [2.24, 2.45) is 5.92 Å². The second-order valence-electron chi connectivity index (χ2n) is 5.48. The summed E-state index contributed by atoms with van der Waals surface area (Å²) < 4.78 is 5.53. The zero-order valence-electron chi connectivity index (χ0n) is 11.9. The van der Waals surface area contributed by atoms with Crippen molar-refractivity contribution in [1.29, 1.82) is 0 Å². The minimum atomic E-state index is 0.146. The van der Waals surface area contributed by atoms with Crippen LogP contribution in [0.2, 0.25) is 0 Å². The minimum Gasteiger partial charge on any atom is -0.492 e. The fourth-order valence-corrected chi connectivity index (χ4v) is 2.69. The number of hydrogen-bond acceptors (Lipinski definition) is 3. The Hall–Kier alpha value is -1.71. The number of nitrogen functional groups attached to an aromatic ring is 1. The second kappa shape index (κ2) is 7.78. The molecule has 20 heavy (non-hydrogen) atoms. The number of nitrogens with one attached hydrogen (secondary N) is 1. The Morgan fingerprint density at radius 3 is 2.85 bits per heavy atom. The fourth-order valence-electron chi connectivity index (χ4n) is 2.69. The van der Waals surface area contributed by atoms with Gasteiger partial charge in [0.1, 0.15) is 12.4 Å². The predicted octanol–water partition coefficient (Wildman–Crippen LogP) is 2.73. The molecule has 0 aromatic heterocycles. The van der Waals surface area contributed by atoms with Gasteiger partial charge in [0.2, 0.25) is 5.91 Å². The van der Waals surface area contributed by atoms with Crippen molar-refractivity contribution in [2.75, 3.05) is 18.9 Å². The summed E-state index contributed by atoms with van der Waals surface area (Å²) in [7, 11) is 0. The number of rotatable bonds is 6. The predicted molar refractivity (Wildman–Crippen MR) is 80.6 cm³/mol. The summed E-state index contributed by atoms with van der Waals surface area (Å²) in [6, 6.07) is 7.31. The quantitative estimate of drug-likeness (QED) is 0.620. The average molecular weight is 276 g/mol. The molecule has 0 spiro atoms. The van der Waals surface area contributed by atoms with Gasteiger partial charge >= 0.3 is 0 Å². The van der Waals surface area contributed by atoms with Gasteiger partial charge in [-0.25, -0.2) is 0 Å². The number of amides is 1. The molecular formula is C16H24N2O2. The number of carbonyl (C=O) groups is 1. The molecule has 0 atom stereocenters. The standard InChI is InChI=1S/C16H24N2O2/c17-14-7-4-8-15(12-14)20-10-9-18-16(19)11-13-5-2-1-3-6-13/h4,7-8,12-13H,1-3,5-6,9-11,17H2,(H,18,19). The Labute approximate surface area is 120 Å². The first-order valence-corrected chi connectivity index (χ1v) is 7.49. The van der Waals surface area contributed by atoms with Crippen molar-refractivity contribution in [3.8, 4) is 5.75 Å². The summed E-state index contributed by atoms with van der Waals surface area (Å²) in [5.41, 5.74) is 6.35. The fraction of sp³-hybridized carbons (Fsp3) is 0.562. The largest absolute Gasteiger partial charge is 0.492 e. The lowest BCUT2D eigenvalue weighted by Crippen LogP contribution is -2.30. The van der Waals surface area contributed by atoms with Gasteiger partial charge in [-0.3, -0.25) is 4.79 Å². The number of ether oxygens (including phenoxy) is 1. The molecule has 3 N–H and O–H groups in total. The molecule has 0 saturated heterocycles. The zero-order valence-corrected chi connectivity index (χ0v) is 11.9. The number of carbonyl (C=O) groups excluding carboxylic acids is 1. The van der Waals surface area contributed by atoms with Gasteiger partial charge in [-0.2, -0.15) is 0 Å². The summed E-state index contributed by atoms with van der Waals surface area (Å²) in [6.07, 6.45) is 6.94. The number of hydrogen-bond donors (Lipinski definition) is 2. The molecule has 0 bridgehead atoms. The summed E-state index contributed by atoms with van der Waals surface area (Å²) in [4.78, 5) is 11.8. The van der Waals surface area contributed by atoms with Crippen molar-refractivity contribution < 1.29 is 9.53 Å². The molecule has 110 valence electrons. The van der Waals surface area contributed by atoms with Crippen LogP contribution in [0.5, 0.6) is 5.75 Å². The first-order valence-electron chi connectivity index (χ1n) is 7.49. The lowest BCUT2D eigenvalue weighted by atomic mass is 9.87. The number of nitrogens with two attached hydrogens (primary N) is 1. The molecule has 0 unspecified atom stereocenters. The molecule has 4 heteroatoms. The highest BCUT2D eigenvalue weighted by atomic mass is 16.5. The number of anilines is 1. The van der Waals surface area contributed by atoms with E-state index >= 15 is 0 Å². The molecule has 1 saturated carbocycles. The molecule has 1 fully saturated rings. The molecular weight excluding hydrogens is 252 g/mol. The number of benzene rings is 1. The summed E-state index contributed by atoms with van der Waals surface area (Å²) in [5.74, 6) is 1.47. The second-order valence-corrected chi connectivity index (χ2v) is 5.48. The van der Waals surface area contributed by atoms with Crippen LogP contribution in [0.3, 0.4) is 0 Å². The Kier molecular flexibility index (Phi) is 5.71. The van der Waals surface area contributed by atoms with E-state index in [1.807, 2.05) is 18.2 Å². The molecule has 1 aliphatic carbocycles. The van der Waals surface area contributed by atoms with Gasteiger partial charge in [0.15, 0.2) is 0 Å². The third kappa shape index (κ3) is 5.11. The van der Waals surface area contributed by atoms with Gasteiger partial charge in [-0.05, 0) is 30.9 Å². The van der Waals surface area contributed by atoms with Gasteiger partial charge in [0.25, 0.3) is 0 Å². The van der Waals surface area contributed by atoms with Gasteiger partial charge in [0.05, 0.1) is 6.54 Å². The van der Waals surface area contributed by atoms with Crippen LogP contribution >= 0.6 is 0 Å². The molecule has 2 rings (SSSR count). The van der Waals surface area contributed by atoms with E-state index in [4.69, 9.17) is 10.5 Å². The highest BCUT2D eigenvalue weighted by Crippen LogP contribution is 2.25.